The molecule has 66 valence electrons. The Kier molecular flexibility index (Phi) is 19.2. The maximum atomic E-state index is 9.17. The van der Waals surface area contributed by atoms with Crippen molar-refractivity contribution >= 4 is 6.29 Å². The second kappa shape index (κ2) is 16.2. The van der Waals surface area contributed by atoms with Gasteiger partial charge in [0.15, 0.2) is 0 Å². The molecule has 0 spiro atoms. The molecule has 0 saturated carbocycles. The van der Waals surface area contributed by atoms with Gasteiger partial charge in [-0.2, -0.15) is 0 Å². The summed E-state index contributed by atoms with van der Waals surface area (Å²) in [5.41, 5.74) is 0. The fourth-order valence-corrected chi connectivity index (χ4v) is 0.539. The largest absolute Gasteiger partial charge is 0.303 e. The van der Waals surface area contributed by atoms with Gasteiger partial charge < -0.3 is 4.79 Å². The molecular weight excluding hydrogens is 136 g/mol. The number of carbonyl (C=O) groups excluding carboxylic acids is 1. The van der Waals surface area contributed by atoms with Crippen LogP contribution in [0.15, 0.2) is 12.7 Å². The van der Waals surface area contributed by atoms with Crippen LogP contribution in [0.4, 0.5) is 0 Å². The molecule has 0 aromatic heterocycles. The molecule has 0 heterocycles. The molecule has 0 fully saturated rings. The monoisotopic (exact) mass is 156 g/mol. The number of carbonyl (C=O) groups is 1. The van der Waals surface area contributed by atoms with E-state index in [9.17, 15) is 4.79 Å². The molecule has 0 aliphatic heterocycles. The van der Waals surface area contributed by atoms with E-state index in [1.807, 2.05) is 13.0 Å². The highest BCUT2D eigenvalue weighted by molar-refractivity contribution is 5.48. The zero-order valence-electron chi connectivity index (χ0n) is 7.81. The Morgan fingerprint density at radius 1 is 1.27 bits per heavy atom. The first kappa shape index (κ1) is 13.0. The second-order valence-electron chi connectivity index (χ2n) is 2.36. The maximum absolute atomic E-state index is 9.17. The molecule has 0 aliphatic carbocycles. The van der Waals surface area contributed by atoms with Crippen molar-refractivity contribution in [1.82, 2.24) is 0 Å². The van der Waals surface area contributed by atoms with Gasteiger partial charge in [0.1, 0.15) is 6.29 Å². The molecule has 0 N–H and O–H groups in total. The summed E-state index contributed by atoms with van der Waals surface area (Å²) < 4.78 is 0. The SMILES string of the molecule is C=CCCCCC.CCC=O. The Morgan fingerprint density at radius 3 is 2.09 bits per heavy atom. The van der Waals surface area contributed by atoms with Crippen molar-refractivity contribution in [3.63, 3.8) is 0 Å². The highest BCUT2D eigenvalue weighted by Gasteiger charge is 1.77. The molecule has 0 aliphatic rings. The third-order valence-corrected chi connectivity index (χ3v) is 1.18. The average molecular weight is 156 g/mol. The molecule has 0 rings (SSSR count). The van der Waals surface area contributed by atoms with Crippen molar-refractivity contribution in [2.75, 3.05) is 0 Å². The molecular formula is C10H20O. The molecule has 0 radical (unpaired) electrons. The fraction of sp³-hybridized carbons (Fsp3) is 0.700. The summed E-state index contributed by atoms with van der Waals surface area (Å²) in [6, 6.07) is 0. The minimum Gasteiger partial charge on any atom is -0.303 e. The standard InChI is InChI=1S/C7H14.C3H6O/c1-3-5-7-6-4-2;1-2-3-4/h3H,1,4-7H2,2H3;3H,2H2,1H3. The van der Waals surface area contributed by atoms with Crippen LogP contribution in [0.25, 0.3) is 0 Å². The van der Waals surface area contributed by atoms with Gasteiger partial charge in [-0.1, -0.05) is 32.8 Å². The molecule has 1 heteroatoms. The van der Waals surface area contributed by atoms with Crippen molar-refractivity contribution in [3.8, 4) is 0 Å². The van der Waals surface area contributed by atoms with Crippen molar-refractivity contribution < 1.29 is 4.79 Å². The first-order chi connectivity index (χ1) is 5.33. The zero-order chi connectivity index (χ0) is 8.95. The van der Waals surface area contributed by atoms with E-state index in [-0.39, 0.29) is 0 Å². The predicted molar refractivity (Wildman–Crippen MR) is 50.7 cm³/mol. The van der Waals surface area contributed by atoms with E-state index in [0.29, 0.717) is 6.42 Å². The molecule has 0 saturated heterocycles. The fourth-order valence-electron chi connectivity index (χ4n) is 0.539. The summed E-state index contributed by atoms with van der Waals surface area (Å²) in [7, 11) is 0. The Morgan fingerprint density at radius 2 is 1.82 bits per heavy atom. The molecule has 0 unspecified atom stereocenters. The van der Waals surface area contributed by atoms with Crippen LogP contribution in [0.1, 0.15) is 46.0 Å². The Labute approximate surface area is 70.5 Å². The van der Waals surface area contributed by atoms with Crippen molar-refractivity contribution in [2.45, 2.75) is 46.0 Å². The summed E-state index contributed by atoms with van der Waals surface area (Å²) in [6.45, 7) is 7.66. The van der Waals surface area contributed by atoms with E-state index in [0.717, 1.165) is 6.29 Å². The van der Waals surface area contributed by atoms with Crippen molar-refractivity contribution in [2.24, 2.45) is 0 Å². The Bertz CT molecular complexity index is 76.9. The number of allylic oxidation sites excluding steroid dienone is 1. The molecule has 0 amide bonds. The highest BCUT2D eigenvalue weighted by Crippen LogP contribution is 1.97. The van der Waals surface area contributed by atoms with Crippen molar-refractivity contribution in [1.29, 1.82) is 0 Å². The van der Waals surface area contributed by atoms with Crippen LogP contribution >= 0.6 is 0 Å². The van der Waals surface area contributed by atoms with Gasteiger partial charge in [-0.3, -0.25) is 0 Å². The number of unbranched alkanes of at least 4 members (excludes halogenated alkanes) is 3. The maximum Gasteiger partial charge on any atom is 0.119 e. The lowest BCUT2D eigenvalue weighted by Gasteiger charge is -1.87. The summed E-state index contributed by atoms with van der Waals surface area (Å²) in [5.74, 6) is 0. The normalized spacial score (nSPS) is 7.82. The van der Waals surface area contributed by atoms with Gasteiger partial charge in [-0.05, 0) is 12.8 Å². The van der Waals surface area contributed by atoms with Crippen LogP contribution in [0.5, 0.6) is 0 Å². The van der Waals surface area contributed by atoms with Gasteiger partial charge in [0.05, 0.1) is 0 Å². The minimum atomic E-state index is 0.639. The lowest BCUT2D eigenvalue weighted by Crippen LogP contribution is -1.67. The van der Waals surface area contributed by atoms with Crippen LogP contribution < -0.4 is 0 Å². The third-order valence-electron chi connectivity index (χ3n) is 1.18. The third kappa shape index (κ3) is 26.6. The molecule has 0 aromatic carbocycles. The van der Waals surface area contributed by atoms with E-state index in [1.54, 1.807) is 0 Å². The lowest BCUT2D eigenvalue weighted by molar-refractivity contribution is -0.107. The average Bonchev–Trinajstić information content (AvgIpc) is 2.06. The highest BCUT2D eigenvalue weighted by atomic mass is 16.1. The van der Waals surface area contributed by atoms with Gasteiger partial charge >= 0.3 is 0 Å². The number of rotatable bonds is 5. The van der Waals surface area contributed by atoms with E-state index in [2.05, 4.69) is 13.5 Å². The quantitative estimate of drug-likeness (QED) is 0.339. The Balaban J connectivity index is 0. The van der Waals surface area contributed by atoms with Gasteiger partial charge in [-0.15, -0.1) is 6.58 Å². The zero-order valence-corrected chi connectivity index (χ0v) is 7.81. The molecule has 0 bridgehead atoms. The number of hydrogen-bond acceptors (Lipinski definition) is 1. The molecule has 0 aromatic rings. The molecule has 1 nitrogen and oxygen atoms in total. The smallest absolute Gasteiger partial charge is 0.119 e. The first-order valence-electron chi connectivity index (χ1n) is 4.37. The number of hydrogen-bond donors (Lipinski definition) is 0. The van der Waals surface area contributed by atoms with Gasteiger partial charge in [0.25, 0.3) is 0 Å². The summed E-state index contributed by atoms with van der Waals surface area (Å²) in [6.07, 6.45) is 8.67. The van der Waals surface area contributed by atoms with Crippen LogP contribution in [-0.4, -0.2) is 6.29 Å². The van der Waals surface area contributed by atoms with Crippen LogP contribution in [0.2, 0.25) is 0 Å². The first-order valence-corrected chi connectivity index (χ1v) is 4.37. The number of aldehydes is 1. The molecule has 0 atom stereocenters. The Hall–Kier alpha value is -0.590. The van der Waals surface area contributed by atoms with E-state index in [4.69, 9.17) is 0 Å². The van der Waals surface area contributed by atoms with Crippen molar-refractivity contribution in [3.05, 3.63) is 12.7 Å². The van der Waals surface area contributed by atoms with Crippen LogP contribution in [0.3, 0.4) is 0 Å². The van der Waals surface area contributed by atoms with E-state index < -0.39 is 0 Å². The minimum absolute atomic E-state index is 0.639. The van der Waals surface area contributed by atoms with E-state index >= 15 is 0 Å². The van der Waals surface area contributed by atoms with E-state index in [1.165, 1.54) is 25.7 Å². The summed E-state index contributed by atoms with van der Waals surface area (Å²) in [4.78, 5) is 9.17. The van der Waals surface area contributed by atoms with Crippen LogP contribution in [0, 0.1) is 0 Å². The van der Waals surface area contributed by atoms with Gasteiger partial charge in [-0.25, -0.2) is 0 Å². The van der Waals surface area contributed by atoms with Crippen LogP contribution in [-0.2, 0) is 4.79 Å². The second-order valence-corrected chi connectivity index (χ2v) is 2.36. The molecule has 11 heavy (non-hydrogen) atoms. The van der Waals surface area contributed by atoms with Gasteiger partial charge in [0, 0.05) is 6.42 Å². The summed E-state index contributed by atoms with van der Waals surface area (Å²) in [5, 5.41) is 0. The van der Waals surface area contributed by atoms with Gasteiger partial charge in [0.2, 0.25) is 0 Å². The lowest BCUT2D eigenvalue weighted by atomic mass is 10.2. The topological polar surface area (TPSA) is 17.1 Å². The summed E-state index contributed by atoms with van der Waals surface area (Å²) >= 11 is 0. The predicted octanol–water partition coefficient (Wildman–Crippen LogP) is 3.35.